The molecule has 0 aromatic carbocycles. The molecule has 7 heteroatoms. The Hall–Kier alpha value is -0.820. The van der Waals surface area contributed by atoms with E-state index in [1.165, 1.54) is 6.07 Å². The molecule has 0 aliphatic rings. The predicted molar refractivity (Wildman–Crippen MR) is 46.5 cm³/mol. The fourth-order valence-electron chi connectivity index (χ4n) is 0.804. The van der Waals surface area contributed by atoms with Crippen molar-refractivity contribution in [2.45, 2.75) is 12.9 Å². The van der Waals surface area contributed by atoms with Crippen LogP contribution < -0.4 is 10.5 Å². The van der Waals surface area contributed by atoms with Crippen molar-refractivity contribution in [3.8, 4) is 5.75 Å². The minimum Gasteiger partial charge on any atom is -0.404 e. The lowest BCUT2D eigenvalue weighted by molar-refractivity contribution is -0.274. The van der Waals surface area contributed by atoms with E-state index in [-0.39, 0.29) is 12.3 Å². The van der Waals surface area contributed by atoms with Crippen LogP contribution in [0.5, 0.6) is 5.75 Å². The first-order chi connectivity index (χ1) is 6.42. The van der Waals surface area contributed by atoms with Gasteiger partial charge in [0.1, 0.15) is 10.4 Å². The van der Waals surface area contributed by atoms with Gasteiger partial charge in [0.05, 0.1) is 6.20 Å². The van der Waals surface area contributed by atoms with Gasteiger partial charge in [-0.3, -0.25) is 0 Å². The van der Waals surface area contributed by atoms with Crippen LogP contribution in [0.15, 0.2) is 16.9 Å². The van der Waals surface area contributed by atoms with E-state index in [1.54, 1.807) is 0 Å². The van der Waals surface area contributed by atoms with E-state index in [9.17, 15) is 13.2 Å². The highest BCUT2D eigenvalue weighted by molar-refractivity contribution is 9.10. The van der Waals surface area contributed by atoms with Crippen LogP contribution in [0.3, 0.4) is 0 Å². The maximum absolute atomic E-state index is 11.8. The Kier molecular flexibility index (Phi) is 3.33. The van der Waals surface area contributed by atoms with E-state index >= 15 is 0 Å². The second-order valence-corrected chi connectivity index (χ2v) is 3.12. The van der Waals surface area contributed by atoms with Crippen molar-refractivity contribution in [2.75, 3.05) is 0 Å². The molecule has 0 bridgehead atoms. The van der Waals surface area contributed by atoms with Gasteiger partial charge in [0.15, 0.2) is 0 Å². The number of nitrogens with zero attached hydrogens (tertiary/aromatic N) is 1. The van der Waals surface area contributed by atoms with Crippen LogP contribution in [0, 0.1) is 0 Å². The third-order valence-corrected chi connectivity index (χ3v) is 2.05. The highest BCUT2D eigenvalue weighted by Crippen LogP contribution is 2.25. The van der Waals surface area contributed by atoms with Crippen molar-refractivity contribution in [1.29, 1.82) is 0 Å². The molecule has 0 aliphatic heterocycles. The number of hydrogen-bond acceptors (Lipinski definition) is 3. The number of ether oxygens (including phenoxy) is 1. The van der Waals surface area contributed by atoms with Crippen LogP contribution in [0.4, 0.5) is 13.2 Å². The molecule has 0 amide bonds. The summed E-state index contributed by atoms with van der Waals surface area (Å²) in [5.41, 5.74) is 5.73. The molecule has 1 aromatic rings. The van der Waals surface area contributed by atoms with Crippen molar-refractivity contribution in [2.24, 2.45) is 5.73 Å². The normalized spacial score (nSPS) is 11.5. The number of hydrogen-bond donors (Lipinski definition) is 1. The molecule has 1 rings (SSSR count). The maximum atomic E-state index is 11.8. The Labute approximate surface area is 86.2 Å². The lowest BCUT2D eigenvalue weighted by Gasteiger charge is -2.09. The SMILES string of the molecule is NCc1cc(OC(F)(F)F)cnc1Br. The van der Waals surface area contributed by atoms with Gasteiger partial charge in [-0.1, -0.05) is 0 Å². The van der Waals surface area contributed by atoms with Crippen molar-refractivity contribution in [1.82, 2.24) is 4.98 Å². The van der Waals surface area contributed by atoms with Gasteiger partial charge < -0.3 is 10.5 Å². The molecule has 14 heavy (non-hydrogen) atoms. The summed E-state index contributed by atoms with van der Waals surface area (Å²) < 4.78 is 39.4. The minimum absolute atomic E-state index is 0.0860. The molecule has 0 unspecified atom stereocenters. The number of alkyl halides is 3. The predicted octanol–water partition coefficient (Wildman–Crippen LogP) is 2.20. The van der Waals surface area contributed by atoms with Crippen LogP contribution in [-0.4, -0.2) is 11.3 Å². The zero-order valence-electron chi connectivity index (χ0n) is 6.81. The van der Waals surface area contributed by atoms with E-state index in [1.807, 2.05) is 0 Å². The smallest absolute Gasteiger partial charge is 0.404 e. The molecule has 1 heterocycles. The molecule has 0 saturated heterocycles. The highest BCUT2D eigenvalue weighted by Gasteiger charge is 2.31. The fourth-order valence-corrected chi connectivity index (χ4v) is 1.18. The van der Waals surface area contributed by atoms with Gasteiger partial charge in [0, 0.05) is 12.1 Å². The molecule has 3 nitrogen and oxygen atoms in total. The second kappa shape index (κ2) is 4.14. The molecule has 2 N–H and O–H groups in total. The Morgan fingerprint density at radius 2 is 2.14 bits per heavy atom. The topological polar surface area (TPSA) is 48.1 Å². The van der Waals surface area contributed by atoms with Gasteiger partial charge >= 0.3 is 6.36 Å². The van der Waals surface area contributed by atoms with Crippen molar-refractivity contribution < 1.29 is 17.9 Å². The molecule has 0 spiro atoms. The third kappa shape index (κ3) is 3.15. The Morgan fingerprint density at radius 3 is 2.64 bits per heavy atom. The van der Waals surface area contributed by atoms with Crippen molar-refractivity contribution in [3.05, 3.63) is 22.4 Å². The largest absolute Gasteiger partial charge is 0.573 e. The molecule has 0 fully saturated rings. The van der Waals surface area contributed by atoms with E-state index in [4.69, 9.17) is 5.73 Å². The average molecular weight is 271 g/mol. The van der Waals surface area contributed by atoms with Crippen LogP contribution >= 0.6 is 15.9 Å². The van der Waals surface area contributed by atoms with Gasteiger partial charge in [0.2, 0.25) is 0 Å². The molecule has 0 radical (unpaired) electrons. The molecule has 0 aliphatic carbocycles. The van der Waals surface area contributed by atoms with Crippen LogP contribution in [-0.2, 0) is 6.54 Å². The number of pyridine rings is 1. The zero-order chi connectivity index (χ0) is 10.8. The summed E-state index contributed by atoms with van der Waals surface area (Å²) in [6.45, 7) is 0.0860. The lowest BCUT2D eigenvalue weighted by atomic mass is 10.3. The first-order valence-electron chi connectivity index (χ1n) is 3.52. The maximum Gasteiger partial charge on any atom is 0.573 e. The van der Waals surface area contributed by atoms with Gasteiger partial charge in [-0.15, -0.1) is 13.2 Å². The number of nitrogens with two attached hydrogens (primary N) is 1. The molecule has 0 saturated carbocycles. The average Bonchev–Trinajstić information content (AvgIpc) is 2.06. The molecule has 0 atom stereocenters. The first-order valence-corrected chi connectivity index (χ1v) is 4.32. The third-order valence-electron chi connectivity index (χ3n) is 1.34. The highest BCUT2D eigenvalue weighted by atomic mass is 79.9. The lowest BCUT2D eigenvalue weighted by Crippen LogP contribution is -2.17. The summed E-state index contributed by atoms with van der Waals surface area (Å²) in [5.74, 6) is -0.374. The number of aromatic nitrogens is 1. The van der Waals surface area contributed by atoms with Gasteiger partial charge in [0.25, 0.3) is 0 Å². The summed E-state index contributed by atoms with van der Waals surface area (Å²) in [4.78, 5) is 3.65. The Morgan fingerprint density at radius 1 is 1.50 bits per heavy atom. The van der Waals surface area contributed by atoms with Gasteiger partial charge in [-0.25, -0.2) is 4.98 Å². The summed E-state index contributed by atoms with van der Waals surface area (Å²) in [6, 6.07) is 1.19. The van der Waals surface area contributed by atoms with Crippen LogP contribution in [0.25, 0.3) is 0 Å². The monoisotopic (exact) mass is 270 g/mol. The van der Waals surface area contributed by atoms with Gasteiger partial charge in [-0.2, -0.15) is 0 Å². The molecule has 78 valence electrons. The van der Waals surface area contributed by atoms with E-state index < -0.39 is 6.36 Å². The zero-order valence-corrected chi connectivity index (χ0v) is 8.39. The summed E-state index contributed by atoms with van der Waals surface area (Å²) in [5, 5.41) is 0. The summed E-state index contributed by atoms with van der Waals surface area (Å²) in [6.07, 6.45) is -3.74. The standard InChI is InChI=1S/C7H6BrF3N2O/c8-6-4(2-12)1-5(3-13-6)14-7(9,10)11/h1,3H,2,12H2. The number of rotatable bonds is 2. The number of halogens is 4. The fraction of sp³-hybridized carbons (Fsp3) is 0.286. The minimum atomic E-state index is -4.71. The van der Waals surface area contributed by atoms with Crippen LogP contribution in [0.1, 0.15) is 5.56 Å². The summed E-state index contributed by atoms with van der Waals surface area (Å²) in [7, 11) is 0. The van der Waals surface area contributed by atoms with Gasteiger partial charge in [-0.05, 0) is 22.0 Å². The quantitative estimate of drug-likeness (QED) is 0.839. The molecular weight excluding hydrogens is 265 g/mol. The second-order valence-electron chi connectivity index (χ2n) is 2.37. The van der Waals surface area contributed by atoms with Crippen molar-refractivity contribution in [3.63, 3.8) is 0 Å². The Balaban J connectivity index is 2.90. The van der Waals surface area contributed by atoms with Crippen LogP contribution in [0.2, 0.25) is 0 Å². The van der Waals surface area contributed by atoms with E-state index in [0.717, 1.165) is 6.20 Å². The van der Waals surface area contributed by atoms with E-state index in [0.29, 0.717) is 10.2 Å². The van der Waals surface area contributed by atoms with Crippen molar-refractivity contribution >= 4 is 15.9 Å². The molecular formula is C7H6BrF3N2O. The van der Waals surface area contributed by atoms with E-state index in [2.05, 4.69) is 25.7 Å². The Bertz CT molecular complexity index is 329. The first kappa shape index (κ1) is 11.3. The summed E-state index contributed by atoms with van der Waals surface area (Å²) >= 11 is 3.04. The molecule has 1 aromatic heterocycles.